The normalized spacial score (nSPS) is 17.1. The van der Waals surface area contributed by atoms with Crippen molar-refractivity contribution < 1.29 is 22.7 Å². The van der Waals surface area contributed by atoms with Gasteiger partial charge in [0.05, 0.1) is 17.7 Å². The second kappa shape index (κ2) is 5.88. The summed E-state index contributed by atoms with van der Waals surface area (Å²) in [5, 5.41) is 9.88. The zero-order chi connectivity index (χ0) is 14.8. The molecular formula is C13H17F4NO. The predicted octanol–water partition coefficient (Wildman–Crippen LogP) is 3.25. The van der Waals surface area contributed by atoms with Crippen molar-refractivity contribution in [2.45, 2.75) is 38.6 Å². The highest BCUT2D eigenvalue weighted by molar-refractivity contribution is 5.30. The van der Waals surface area contributed by atoms with E-state index < -0.39 is 29.7 Å². The van der Waals surface area contributed by atoms with E-state index in [0.717, 1.165) is 6.07 Å². The average Bonchev–Trinajstić information content (AvgIpc) is 2.35. The molecule has 0 saturated heterocycles. The first-order valence-electron chi connectivity index (χ1n) is 5.99. The quantitative estimate of drug-likeness (QED) is 0.831. The molecule has 0 bridgehead atoms. The minimum absolute atomic E-state index is 0.232. The minimum atomic E-state index is -4.78. The van der Waals surface area contributed by atoms with Crippen LogP contribution in [0, 0.1) is 11.7 Å². The molecule has 108 valence electrons. The largest absolute Gasteiger partial charge is 0.419 e. The number of benzene rings is 1. The highest BCUT2D eigenvalue weighted by Gasteiger charge is 2.36. The van der Waals surface area contributed by atoms with Crippen LogP contribution in [0.1, 0.15) is 37.4 Å². The van der Waals surface area contributed by atoms with Gasteiger partial charge in [0.15, 0.2) is 0 Å². The average molecular weight is 279 g/mol. The lowest BCUT2D eigenvalue weighted by atomic mass is 9.90. The maximum Gasteiger partial charge on any atom is 0.419 e. The van der Waals surface area contributed by atoms with Crippen LogP contribution < -0.4 is 5.73 Å². The van der Waals surface area contributed by atoms with Crippen LogP contribution in [0.3, 0.4) is 0 Å². The number of aliphatic hydroxyl groups is 1. The fraction of sp³-hybridized carbons (Fsp3) is 0.538. The summed E-state index contributed by atoms with van der Waals surface area (Å²) in [6.07, 6.45) is -5.28. The van der Waals surface area contributed by atoms with Gasteiger partial charge in [-0.2, -0.15) is 13.2 Å². The van der Waals surface area contributed by atoms with Crippen molar-refractivity contribution in [2.75, 3.05) is 0 Å². The Balaban J connectivity index is 3.15. The molecule has 1 aromatic carbocycles. The Morgan fingerprint density at radius 2 is 1.89 bits per heavy atom. The first kappa shape index (κ1) is 15.9. The highest BCUT2D eigenvalue weighted by Crippen LogP contribution is 2.34. The summed E-state index contributed by atoms with van der Waals surface area (Å²) < 4.78 is 51.6. The van der Waals surface area contributed by atoms with Crippen LogP contribution in [0.25, 0.3) is 0 Å². The lowest BCUT2D eigenvalue weighted by Gasteiger charge is -2.25. The van der Waals surface area contributed by atoms with E-state index >= 15 is 0 Å². The number of aliphatic hydroxyl groups excluding tert-OH is 1. The van der Waals surface area contributed by atoms with Gasteiger partial charge >= 0.3 is 6.18 Å². The van der Waals surface area contributed by atoms with Gasteiger partial charge in [-0.25, -0.2) is 4.39 Å². The third kappa shape index (κ3) is 3.45. The highest BCUT2D eigenvalue weighted by atomic mass is 19.4. The Labute approximate surface area is 109 Å². The standard InChI is InChI=1S/C13H17F4NO/c1-3-7(2)12(19)11(18)8-5-4-6-9(10(8)14)13(15,16)17/h4-7,11-12,19H,3,18H2,1-2H3/t7?,11-,12+/m1/s1. The van der Waals surface area contributed by atoms with Crippen LogP contribution in [-0.4, -0.2) is 11.2 Å². The summed E-state index contributed by atoms with van der Waals surface area (Å²) in [6, 6.07) is 1.73. The third-order valence-corrected chi connectivity index (χ3v) is 3.29. The topological polar surface area (TPSA) is 46.2 Å². The van der Waals surface area contributed by atoms with Gasteiger partial charge in [0, 0.05) is 5.56 Å². The molecule has 0 saturated carbocycles. The molecule has 0 aliphatic rings. The van der Waals surface area contributed by atoms with E-state index in [1.54, 1.807) is 6.92 Å². The molecule has 0 aromatic heterocycles. The second-order valence-corrected chi connectivity index (χ2v) is 4.61. The molecule has 0 radical (unpaired) electrons. The smallest absolute Gasteiger partial charge is 0.391 e. The number of rotatable bonds is 4. The molecule has 19 heavy (non-hydrogen) atoms. The van der Waals surface area contributed by atoms with Gasteiger partial charge in [0.25, 0.3) is 0 Å². The van der Waals surface area contributed by atoms with Crippen LogP contribution in [-0.2, 0) is 6.18 Å². The van der Waals surface area contributed by atoms with Gasteiger partial charge in [0.2, 0.25) is 0 Å². The van der Waals surface area contributed by atoms with Crippen molar-refractivity contribution in [3.05, 3.63) is 35.1 Å². The lowest BCUT2D eigenvalue weighted by Crippen LogP contribution is -2.32. The molecule has 1 aromatic rings. The summed E-state index contributed by atoms with van der Waals surface area (Å²) in [5.74, 6) is -1.64. The molecule has 1 rings (SSSR count). The zero-order valence-electron chi connectivity index (χ0n) is 10.7. The van der Waals surface area contributed by atoms with Crippen molar-refractivity contribution in [1.82, 2.24) is 0 Å². The van der Waals surface area contributed by atoms with Gasteiger partial charge in [-0.1, -0.05) is 32.4 Å². The Morgan fingerprint density at radius 1 is 1.32 bits per heavy atom. The second-order valence-electron chi connectivity index (χ2n) is 4.61. The van der Waals surface area contributed by atoms with Gasteiger partial charge < -0.3 is 10.8 Å². The van der Waals surface area contributed by atoms with Crippen molar-refractivity contribution in [3.63, 3.8) is 0 Å². The Hall–Kier alpha value is -1.14. The Bertz CT molecular complexity index is 433. The maximum absolute atomic E-state index is 13.8. The summed E-state index contributed by atoms with van der Waals surface area (Å²) in [5.41, 5.74) is 3.99. The summed E-state index contributed by atoms with van der Waals surface area (Å²) in [7, 11) is 0. The van der Waals surface area contributed by atoms with Crippen molar-refractivity contribution >= 4 is 0 Å². The van der Waals surface area contributed by atoms with E-state index in [9.17, 15) is 22.7 Å². The molecule has 0 aliphatic heterocycles. The number of alkyl halides is 3. The molecule has 1 unspecified atom stereocenters. The van der Waals surface area contributed by atoms with Gasteiger partial charge in [0.1, 0.15) is 5.82 Å². The number of hydrogen-bond acceptors (Lipinski definition) is 2. The molecule has 0 spiro atoms. The van der Waals surface area contributed by atoms with Crippen LogP contribution in [0.15, 0.2) is 18.2 Å². The summed E-state index contributed by atoms with van der Waals surface area (Å²) >= 11 is 0. The molecule has 0 aliphatic carbocycles. The van der Waals surface area contributed by atoms with Crippen molar-refractivity contribution in [1.29, 1.82) is 0 Å². The number of nitrogens with two attached hydrogens (primary N) is 1. The summed E-state index contributed by atoms with van der Waals surface area (Å²) in [4.78, 5) is 0. The van der Waals surface area contributed by atoms with E-state index in [1.165, 1.54) is 6.07 Å². The molecule has 2 nitrogen and oxygen atoms in total. The van der Waals surface area contributed by atoms with Crippen molar-refractivity contribution in [3.8, 4) is 0 Å². The number of hydrogen-bond donors (Lipinski definition) is 2. The molecule has 0 heterocycles. The van der Waals surface area contributed by atoms with Gasteiger partial charge in [-0.05, 0) is 12.0 Å². The van der Waals surface area contributed by atoms with Gasteiger partial charge in [-0.15, -0.1) is 0 Å². The van der Waals surface area contributed by atoms with E-state index in [0.29, 0.717) is 12.5 Å². The molecule has 0 amide bonds. The van der Waals surface area contributed by atoms with Crippen LogP contribution in [0.5, 0.6) is 0 Å². The molecule has 3 atom stereocenters. The Morgan fingerprint density at radius 3 is 2.37 bits per heavy atom. The van der Waals surface area contributed by atoms with Gasteiger partial charge in [-0.3, -0.25) is 0 Å². The third-order valence-electron chi connectivity index (χ3n) is 3.29. The fourth-order valence-electron chi connectivity index (χ4n) is 1.81. The minimum Gasteiger partial charge on any atom is -0.391 e. The van der Waals surface area contributed by atoms with E-state index in [2.05, 4.69) is 0 Å². The predicted molar refractivity (Wildman–Crippen MR) is 63.8 cm³/mol. The van der Waals surface area contributed by atoms with Crippen LogP contribution in [0.2, 0.25) is 0 Å². The maximum atomic E-state index is 13.8. The van der Waals surface area contributed by atoms with E-state index in [4.69, 9.17) is 5.73 Å². The zero-order valence-corrected chi connectivity index (χ0v) is 10.7. The van der Waals surface area contributed by atoms with Crippen molar-refractivity contribution in [2.24, 2.45) is 11.7 Å². The molecular weight excluding hydrogens is 262 g/mol. The molecule has 0 fully saturated rings. The SMILES string of the molecule is CCC(C)[C@H](O)[C@H](N)c1cccc(C(F)(F)F)c1F. The summed E-state index contributed by atoms with van der Waals surface area (Å²) in [6.45, 7) is 3.51. The monoisotopic (exact) mass is 279 g/mol. The van der Waals surface area contributed by atoms with Crippen LogP contribution in [0.4, 0.5) is 17.6 Å². The molecule has 3 N–H and O–H groups in total. The fourth-order valence-corrected chi connectivity index (χ4v) is 1.81. The first-order chi connectivity index (χ1) is 8.70. The van der Waals surface area contributed by atoms with E-state index in [-0.39, 0.29) is 11.5 Å². The number of halogens is 4. The molecule has 6 heteroatoms. The lowest BCUT2D eigenvalue weighted by molar-refractivity contribution is -0.140. The first-order valence-corrected chi connectivity index (χ1v) is 5.99. The van der Waals surface area contributed by atoms with Crippen LogP contribution >= 0.6 is 0 Å². The van der Waals surface area contributed by atoms with E-state index in [1.807, 2.05) is 6.92 Å². The Kier molecular flexibility index (Phi) is 4.92.